The molecule has 2 amide bonds. The average molecular weight is 248 g/mol. The summed E-state index contributed by atoms with van der Waals surface area (Å²) in [4.78, 5) is 23.0. The van der Waals surface area contributed by atoms with Crippen molar-refractivity contribution in [3.8, 4) is 0 Å². The molecule has 1 rings (SSSR count). The zero-order valence-electron chi connectivity index (χ0n) is 11.0. The van der Waals surface area contributed by atoms with Gasteiger partial charge >= 0.3 is 0 Å². The molecule has 0 saturated carbocycles. The van der Waals surface area contributed by atoms with Gasteiger partial charge < -0.3 is 0 Å². The van der Waals surface area contributed by atoms with Gasteiger partial charge in [-0.2, -0.15) is 0 Å². The Morgan fingerprint density at radius 1 is 1.06 bits per heavy atom. The van der Waals surface area contributed by atoms with Crippen molar-refractivity contribution in [3.63, 3.8) is 0 Å². The van der Waals surface area contributed by atoms with Gasteiger partial charge in [0.25, 0.3) is 5.91 Å². The molecule has 0 aromatic heterocycles. The van der Waals surface area contributed by atoms with Crippen LogP contribution in [0.2, 0.25) is 0 Å². The molecule has 0 heterocycles. The van der Waals surface area contributed by atoms with Crippen molar-refractivity contribution in [2.45, 2.75) is 39.5 Å². The van der Waals surface area contributed by atoms with E-state index in [1.165, 1.54) is 0 Å². The molecule has 0 aliphatic heterocycles. The van der Waals surface area contributed by atoms with E-state index in [9.17, 15) is 9.59 Å². The van der Waals surface area contributed by atoms with Crippen molar-refractivity contribution >= 4 is 11.8 Å². The number of amides is 2. The zero-order valence-corrected chi connectivity index (χ0v) is 11.0. The lowest BCUT2D eigenvalue weighted by atomic mass is 10.1. The largest absolute Gasteiger partial charge is 0.273 e. The van der Waals surface area contributed by atoms with Crippen molar-refractivity contribution in [1.29, 1.82) is 0 Å². The maximum Gasteiger partial charge on any atom is 0.269 e. The fourth-order valence-corrected chi connectivity index (χ4v) is 1.50. The van der Waals surface area contributed by atoms with Gasteiger partial charge in [-0.15, -0.1) is 0 Å². The second kappa shape index (κ2) is 7.48. The fourth-order valence-electron chi connectivity index (χ4n) is 1.50. The number of rotatable bonds is 5. The molecule has 0 spiro atoms. The van der Waals surface area contributed by atoms with Gasteiger partial charge in [-0.3, -0.25) is 20.4 Å². The third kappa shape index (κ3) is 4.99. The predicted molar refractivity (Wildman–Crippen MR) is 70.9 cm³/mol. The summed E-state index contributed by atoms with van der Waals surface area (Å²) in [6.45, 7) is 4.04. The van der Waals surface area contributed by atoms with Crippen LogP contribution >= 0.6 is 0 Å². The first-order valence-electron chi connectivity index (χ1n) is 6.29. The lowest BCUT2D eigenvalue weighted by Gasteiger charge is -2.07. The number of unbranched alkanes of at least 4 members (excludes halogenated alkanes) is 2. The topological polar surface area (TPSA) is 58.2 Å². The Labute approximate surface area is 108 Å². The summed E-state index contributed by atoms with van der Waals surface area (Å²) in [6.07, 6.45) is 3.40. The Hall–Kier alpha value is -1.84. The van der Waals surface area contributed by atoms with Crippen LogP contribution in [-0.4, -0.2) is 11.8 Å². The summed E-state index contributed by atoms with van der Waals surface area (Å²) in [7, 11) is 0. The molecule has 0 radical (unpaired) electrons. The Morgan fingerprint density at radius 2 is 1.72 bits per heavy atom. The van der Waals surface area contributed by atoms with Crippen LogP contribution in [0.15, 0.2) is 24.3 Å². The fraction of sp³-hybridized carbons (Fsp3) is 0.429. The molecule has 4 heteroatoms. The monoisotopic (exact) mass is 248 g/mol. The number of hydrogen-bond donors (Lipinski definition) is 2. The van der Waals surface area contributed by atoms with Crippen molar-refractivity contribution in [3.05, 3.63) is 35.4 Å². The first kappa shape index (κ1) is 14.2. The molecular weight excluding hydrogens is 228 g/mol. The van der Waals surface area contributed by atoms with Crippen LogP contribution in [0.1, 0.15) is 48.5 Å². The molecule has 0 aliphatic rings. The summed E-state index contributed by atoms with van der Waals surface area (Å²) in [6, 6.07) is 7.18. The normalized spacial score (nSPS) is 9.89. The Kier molecular flexibility index (Phi) is 5.91. The number of aryl methyl sites for hydroxylation is 1. The Bertz CT molecular complexity index is 399. The molecule has 4 nitrogen and oxygen atoms in total. The lowest BCUT2D eigenvalue weighted by molar-refractivity contribution is -0.121. The van der Waals surface area contributed by atoms with Gasteiger partial charge in [-0.05, 0) is 25.5 Å². The van der Waals surface area contributed by atoms with Crippen LogP contribution in [0.25, 0.3) is 0 Å². The molecular formula is C14H20N2O2. The highest BCUT2D eigenvalue weighted by atomic mass is 16.2. The summed E-state index contributed by atoms with van der Waals surface area (Å²) < 4.78 is 0. The maximum atomic E-state index is 11.7. The van der Waals surface area contributed by atoms with Gasteiger partial charge in [-0.1, -0.05) is 37.5 Å². The summed E-state index contributed by atoms with van der Waals surface area (Å²) in [5.41, 5.74) is 6.45. The van der Waals surface area contributed by atoms with Crippen molar-refractivity contribution in [2.75, 3.05) is 0 Å². The van der Waals surface area contributed by atoms with Crippen LogP contribution in [0.4, 0.5) is 0 Å². The quantitative estimate of drug-likeness (QED) is 0.620. The van der Waals surface area contributed by atoms with E-state index in [0.29, 0.717) is 12.0 Å². The predicted octanol–water partition coefficient (Wildman–Crippen LogP) is 2.34. The number of hydrogen-bond acceptors (Lipinski definition) is 2. The summed E-state index contributed by atoms with van der Waals surface area (Å²) >= 11 is 0. The number of benzene rings is 1. The number of nitrogens with one attached hydrogen (secondary N) is 2. The van der Waals surface area contributed by atoms with Crippen LogP contribution in [-0.2, 0) is 4.79 Å². The molecule has 0 atom stereocenters. The highest BCUT2D eigenvalue weighted by molar-refractivity contribution is 5.95. The van der Waals surface area contributed by atoms with E-state index in [1.807, 2.05) is 19.1 Å². The third-order valence-corrected chi connectivity index (χ3v) is 2.64. The molecule has 98 valence electrons. The minimum Gasteiger partial charge on any atom is -0.273 e. The van der Waals surface area contributed by atoms with Gasteiger partial charge in [0.15, 0.2) is 0 Å². The van der Waals surface area contributed by atoms with Gasteiger partial charge in [0.2, 0.25) is 5.91 Å². The summed E-state index contributed by atoms with van der Waals surface area (Å²) in [5.74, 6) is -0.442. The number of carbonyl (C=O) groups is 2. The van der Waals surface area contributed by atoms with Crippen molar-refractivity contribution < 1.29 is 9.59 Å². The maximum absolute atomic E-state index is 11.7. The second-order valence-corrected chi connectivity index (χ2v) is 4.33. The SMILES string of the molecule is CCCCCC(=O)NNC(=O)c1ccc(C)cc1. The Balaban J connectivity index is 2.32. The standard InChI is InChI=1S/C14H20N2O2/c1-3-4-5-6-13(17)15-16-14(18)12-9-7-11(2)8-10-12/h7-10H,3-6H2,1-2H3,(H,15,17)(H,16,18). The van der Waals surface area contributed by atoms with E-state index in [-0.39, 0.29) is 11.8 Å². The van der Waals surface area contributed by atoms with Crippen molar-refractivity contribution in [1.82, 2.24) is 10.9 Å². The van der Waals surface area contributed by atoms with E-state index in [2.05, 4.69) is 17.8 Å². The Morgan fingerprint density at radius 3 is 2.33 bits per heavy atom. The van der Waals surface area contributed by atoms with Gasteiger partial charge in [0.05, 0.1) is 0 Å². The first-order valence-corrected chi connectivity index (χ1v) is 6.29. The van der Waals surface area contributed by atoms with Gasteiger partial charge in [0.1, 0.15) is 0 Å². The molecule has 18 heavy (non-hydrogen) atoms. The minimum atomic E-state index is -0.293. The first-order chi connectivity index (χ1) is 8.63. The third-order valence-electron chi connectivity index (χ3n) is 2.64. The average Bonchev–Trinajstić information content (AvgIpc) is 2.37. The van der Waals surface area contributed by atoms with Gasteiger partial charge in [-0.25, -0.2) is 0 Å². The molecule has 0 saturated heterocycles. The summed E-state index contributed by atoms with van der Waals surface area (Å²) in [5, 5.41) is 0. The molecule has 2 N–H and O–H groups in total. The molecule has 0 bridgehead atoms. The lowest BCUT2D eigenvalue weighted by Crippen LogP contribution is -2.41. The molecule has 1 aromatic rings. The molecule has 0 aliphatic carbocycles. The van der Waals surface area contributed by atoms with E-state index in [1.54, 1.807) is 12.1 Å². The van der Waals surface area contributed by atoms with Crippen LogP contribution in [0.3, 0.4) is 0 Å². The van der Waals surface area contributed by atoms with Crippen molar-refractivity contribution in [2.24, 2.45) is 0 Å². The minimum absolute atomic E-state index is 0.149. The highest BCUT2D eigenvalue weighted by Gasteiger charge is 2.06. The highest BCUT2D eigenvalue weighted by Crippen LogP contribution is 2.02. The molecule has 0 fully saturated rings. The van der Waals surface area contributed by atoms with Gasteiger partial charge in [0, 0.05) is 12.0 Å². The second-order valence-electron chi connectivity index (χ2n) is 4.33. The smallest absolute Gasteiger partial charge is 0.269 e. The molecule has 1 aromatic carbocycles. The number of hydrazine groups is 1. The number of carbonyl (C=O) groups excluding carboxylic acids is 2. The molecule has 0 unspecified atom stereocenters. The van der Waals surface area contributed by atoms with Crippen LogP contribution in [0, 0.1) is 6.92 Å². The van der Waals surface area contributed by atoms with Crippen LogP contribution in [0.5, 0.6) is 0 Å². The van der Waals surface area contributed by atoms with Crippen LogP contribution < -0.4 is 10.9 Å². The van der Waals surface area contributed by atoms with E-state index < -0.39 is 0 Å². The van der Waals surface area contributed by atoms with E-state index in [0.717, 1.165) is 24.8 Å². The zero-order chi connectivity index (χ0) is 13.4. The van der Waals surface area contributed by atoms with E-state index >= 15 is 0 Å². The van der Waals surface area contributed by atoms with E-state index in [4.69, 9.17) is 0 Å².